The van der Waals surface area contributed by atoms with Crippen LogP contribution < -0.4 is 36.1 Å². The Morgan fingerprint density at radius 3 is 2.78 bits per heavy atom. The quantitative estimate of drug-likeness (QED) is 0.296. The van der Waals surface area contributed by atoms with Gasteiger partial charge >= 0.3 is 172 Å². The Morgan fingerprint density at radius 1 is 1.44 bits per heavy atom. The van der Waals surface area contributed by atoms with Crippen LogP contribution in [0.1, 0.15) is 25.8 Å². The molecule has 0 aliphatic carbocycles. The van der Waals surface area contributed by atoms with E-state index in [9.17, 15) is 9.90 Å². The van der Waals surface area contributed by atoms with Crippen molar-refractivity contribution in [3.63, 3.8) is 0 Å². The second kappa shape index (κ2) is 8.55. The first-order valence-electron chi connectivity index (χ1n) is 9.39. The average molecular weight is 486 g/mol. The molecular formula is C19H27BFIN3O2-. The second-order valence-corrected chi connectivity index (χ2v) is 10.2. The number of anilines is 2. The number of amides is 1. The van der Waals surface area contributed by atoms with E-state index in [4.69, 9.17) is 5.70 Å². The molecule has 1 aromatic carbocycles. The number of rotatable bonds is 4. The van der Waals surface area contributed by atoms with Gasteiger partial charge in [-0.05, 0) is 0 Å². The molecule has 148 valence electrons. The van der Waals surface area contributed by atoms with Crippen molar-refractivity contribution in [1.82, 2.24) is 5.32 Å². The number of fused-ring (bicyclic) bond motifs is 1. The number of nitrogens with one attached hydrogen (secondary N) is 1. The summed E-state index contributed by atoms with van der Waals surface area (Å²) < 4.78 is 16.2. The molecule has 1 unspecified atom stereocenters. The Labute approximate surface area is 172 Å². The number of carbonyl (C=O) groups is 1. The third-order valence-corrected chi connectivity index (χ3v) is 7.57. The van der Waals surface area contributed by atoms with E-state index in [1.165, 1.54) is 0 Å². The van der Waals surface area contributed by atoms with Crippen LogP contribution in [0.2, 0.25) is 0 Å². The molecule has 2 heterocycles. The van der Waals surface area contributed by atoms with Gasteiger partial charge in [0, 0.05) is 0 Å². The van der Waals surface area contributed by atoms with Gasteiger partial charge in [0.1, 0.15) is 0 Å². The van der Waals surface area contributed by atoms with Crippen molar-refractivity contribution >= 4 is 23.0 Å². The Kier molecular flexibility index (Phi) is 6.56. The molecule has 0 saturated carbocycles. The van der Waals surface area contributed by atoms with Crippen molar-refractivity contribution < 1.29 is 35.3 Å². The van der Waals surface area contributed by atoms with Crippen molar-refractivity contribution in [2.75, 3.05) is 36.5 Å². The van der Waals surface area contributed by atoms with Gasteiger partial charge in [-0.3, -0.25) is 0 Å². The molecule has 3 rings (SSSR count). The van der Waals surface area contributed by atoms with Gasteiger partial charge < -0.3 is 0 Å². The molecule has 2 aliphatic rings. The van der Waals surface area contributed by atoms with Crippen LogP contribution >= 0.6 is 0 Å². The fourth-order valence-electron chi connectivity index (χ4n) is 4.20. The van der Waals surface area contributed by atoms with E-state index in [1.807, 2.05) is 26.0 Å². The summed E-state index contributed by atoms with van der Waals surface area (Å²) in [6.45, 7) is 5.35. The molecule has 27 heavy (non-hydrogen) atoms. The third-order valence-electron chi connectivity index (χ3n) is 5.53. The minimum atomic E-state index is -0.496. The second-order valence-electron chi connectivity index (χ2n) is 7.76. The van der Waals surface area contributed by atoms with Crippen LogP contribution in [-0.2, 0) is 11.2 Å². The molecule has 1 amide bonds. The zero-order chi connectivity index (χ0) is 19.7. The van der Waals surface area contributed by atoms with Gasteiger partial charge in [-0.1, -0.05) is 0 Å². The van der Waals surface area contributed by atoms with E-state index in [0.717, 1.165) is 25.1 Å². The molecule has 2 radical (unpaired) electrons. The van der Waals surface area contributed by atoms with Gasteiger partial charge in [0.05, 0.1) is 0 Å². The molecule has 1 aromatic rings. The predicted molar refractivity (Wildman–Crippen MR) is 103 cm³/mol. The van der Waals surface area contributed by atoms with Gasteiger partial charge in [-0.2, -0.15) is 0 Å². The van der Waals surface area contributed by atoms with Crippen molar-refractivity contribution in [2.45, 2.75) is 42.7 Å². The van der Waals surface area contributed by atoms with Crippen LogP contribution in [0.4, 0.5) is 15.8 Å². The minimum absolute atomic E-state index is 0.00140. The number of nitrogens with zero attached hydrogens (tertiary/aromatic N) is 2. The summed E-state index contributed by atoms with van der Waals surface area (Å²) in [5.74, 6) is -0.444. The average Bonchev–Trinajstić information content (AvgIpc) is 3.08. The number of benzene rings is 1. The molecule has 2 N–H and O–H groups in total. The Balaban J connectivity index is 2.05. The molecule has 1 saturated heterocycles. The first kappa shape index (κ1) is 20.7. The van der Waals surface area contributed by atoms with E-state index in [-0.39, 0.29) is 45.2 Å². The summed E-state index contributed by atoms with van der Waals surface area (Å²) in [4.78, 5) is 16.6. The van der Waals surface area contributed by atoms with Crippen LogP contribution in [0.5, 0.6) is 0 Å². The summed E-state index contributed by atoms with van der Waals surface area (Å²) in [6.07, 6.45) is 1.42. The number of hydrogen-bond acceptors (Lipinski definition) is 4. The van der Waals surface area contributed by atoms with Crippen LogP contribution in [-0.4, -0.2) is 59.5 Å². The number of aliphatic hydroxyl groups excluding tert-OH is 1. The monoisotopic (exact) mass is 486 g/mol. The molecular weight excluding hydrogens is 459 g/mol. The fourth-order valence-corrected chi connectivity index (χ4v) is 5.54. The van der Waals surface area contributed by atoms with Gasteiger partial charge in [0.2, 0.25) is 0 Å². The van der Waals surface area contributed by atoms with Crippen LogP contribution in [0.25, 0.3) is 0 Å². The van der Waals surface area contributed by atoms with Gasteiger partial charge in [0.15, 0.2) is 0 Å². The molecule has 1 fully saturated rings. The van der Waals surface area contributed by atoms with E-state index < -0.39 is 12.1 Å². The molecule has 5 nitrogen and oxygen atoms in total. The van der Waals surface area contributed by atoms with Crippen LogP contribution in [0.3, 0.4) is 0 Å². The predicted octanol–water partition coefficient (Wildman–Crippen LogP) is -1.93. The number of likely N-dealkylation sites (N-methyl/N-ethyl adjacent to an activating group) is 1. The number of aliphatic hydroxyl groups is 1. The Morgan fingerprint density at radius 2 is 2.19 bits per heavy atom. The molecule has 0 aromatic heterocycles. The number of hydrogen-bond donors (Lipinski definition) is 2. The normalized spacial score (nSPS) is 26.1. The Bertz CT molecular complexity index is 706. The first-order chi connectivity index (χ1) is 12.9. The van der Waals surface area contributed by atoms with Crippen molar-refractivity contribution in [1.29, 1.82) is 0 Å². The van der Waals surface area contributed by atoms with E-state index in [2.05, 4.69) is 10.2 Å². The zero-order valence-electron chi connectivity index (χ0n) is 16.1. The summed E-state index contributed by atoms with van der Waals surface area (Å²) in [5.41, 5.74) is 7.77. The van der Waals surface area contributed by atoms with Crippen molar-refractivity contribution in [3.8, 4) is 0 Å². The molecule has 0 spiro atoms. The molecule has 8 heteroatoms. The summed E-state index contributed by atoms with van der Waals surface area (Å²) in [7, 11) is 1.79. The van der Waals surface area contributed by atoms with Crippen LogP contribution in [0.15, 0.2) is 12.1 Å². The van der Waals surface area contributed by atoms with E-state index in [1.54, 1.807) is 11.9 Å². The number of halogens is 2. The van der Waals surface area contributed by atoms with E-state index in [0.29, 0.717) is 21.7 Å². The summed E-state index contributed by atoms with van der Waals surface area (Å²) in [5, 5.41) is 12.6. The first-order valence-corrected chi connectivity index (χ1v) is 11.9. The molecule has 2 aliphatic heterocycles. The van der Waals surface area contributed by atoms with E-state index >= 15 is 4.39 Å². The number of alkyl halides is 1. The zero-order valence-corrected chi connectivity index (χ0v) is 18.2. The maximum atomic E-state index is 15.7. The summed E-state index contributed by atoms with van der Waals surface area (Å²) >= 11 is -0.338. The standard InChI is InChI=1S/C19H27BFIN3O2/c1-11(2)17-19(27)23-14(10-26)8-12-4-5-15(16(21)18(12)24(17)3)25-7-6-13(9-25)22-20/h4-5,11,13-14,17,26H,6-10H2,1-3H3,(H,23,27)/q-1/t13?,14-,17-/m1/s1. The van der Waals surface area contributed by atoms with Crippen molar-refractivity contribution in [3.05, 3.63) is 23.5 Å². The maximum absolute atomic E-state index is 15.7. The van der Waals surface area contributed by atoms with Crippen LogP contribution in [0, 0.1) is 11.7 Å². The van der Waals surface area contributed by atoms with Gasteiger partial charge in [-0.25, -0.2) is 0 Å². The van der Waals surface area contributed by atoms with Gasteiger partial charge in [-0.15, -0.1) is 0 Å². The third kappa shape index (κ3) is 4.06. The SMILES string of the molecule is [B][I-]C1CCN(c2ccc3c(c2F)N(C)[C@H](C(C)C)C(=O)N[C@@H](CO)C3)C1. The molecule has 0 bridgehead atoms. The topological polar surface area (TPSA) is 55.8 Å². The number of carbonyl (C=O) groups excluding carboxylic acids is 1. The van der Waals surface area contributed by atoms with Crippen molar-refractivity contribution in [2.24, 2.45) is 5.92 Å². The summed E-state index contributed by atoms with van der Waals surface area (Å²) in [6, 6.07) is 2.87. The van der Waals surface area contributed by atoms with Gasteiger partial charge in [0.25, 0.3) is 0 Å². The molecule has 3 atom stereocenters. The fraction of sp³-hybridized carbons (Fsp3) is 0.632. The Hall–Kier alpha value is -1.03.